The topological polar surface area (TPSA) is 21.3 Å². The van der Waals surface area contributed by atoms with Crippen molar-refractivity contribution in [2.24, 2.45) is 0 Å². The first-order valence-electron chi connectivity index (χ1n) is 7.88. The molecule has 2 unspecified atom stereocenters. The van der Waals surface area contributed by atoms with Gasteiger partial charge in [0.05, 0.1) is 6.61 Å². The Morgan fingerprint density at radius 1 is 0.955 bits per heavy atom. The van der Waals surface area contributed by atoms with E-state index in [-0.39, 0.29) is 17.9 Å². The molecule has 118 valence electrons. The minimum absolute atomic E-state index is 0.196. The fraction of sp³-hybridized carbons (Fsp3) is 0.368. The van der Waals surface area contributed by atoms with Crippen LogP contribution in [-0.4, -0.2) is 6.61 Å². The van der Waals surface area contributed by atoms with Gasteiger partial charge in [0, 0.05) is 12.1 Å². The zero-order valence-corrected chi connectivity index (χ0v) is 13.5. The Morgan fingerprint density at radius 2 is 1.55 bits per heavy atom. The molecule has 1 N–H and O–H groups in total. The minimum Gasteiger partial charge on any atom is -0.494 e. The minimum atomic E-state index is -0.196. The average molecular weight is 301 g/mol. The summed E-state index contributed by atoms with van der Waals surface area (Å²) in [5.74, 6) is 0.696. The molecule has 0 spiro atoms. The first-order chi connectivity index (χ1) is 10.6. The molecule has 0 aromatic heterocycles. The van der Waals surface area contributed by atoms with Crippen molar-refractivity contribution in [2.45, 2.75) is 39.3 Å². The maximum absolute atomic E-state index is 13.0. The highest BCUT2D eigenvalue weighted by atomic mass is 19.1. The van der Waals surface area contributed by atoms with E-state index in [9.17, 15) is 4.39 Å². The quantitative estimate of drug-likeness (QED) is 0.774. The van der Waals surface area contributed by atoms with E-state index in [0.29, 0.717) is 6.61 Å². The normalized spacial score (nSPS) is 13.6. The third-order valence-electron chi connectivity index (χ3n) is 3.82. The average Bonchev–Trinajstić information content (AvgIpc) is 2.54. The Balaban J connectivity index is 2.05. The molecule has 0 saturated carbocycles. The van der Waals surface area contributed by atoms with Crippen LogP contribution in [0.4, 0.5) is 4.39 Å². The van der Waals surface area contributed by atoms with Crippen LogP contribution < -0.4 is 10.1 Å². The molecule has 0 aliphatic heterocycles. The molecule has 22 heavy (non-hydrogen) atoms. The van der Waals surface area contributed by atoms with Crippen molar-refractivity contribution in [3.63, 3.8) is 0 Å². The molecule has 0 radical (unpaired) electrons. The fourth-order valence-electron chi connectivity index (χ4n) is 2.56. The van der Waals surface area contributed by atoms with E-state index < -0.39 is 0 Å². The Kier molecular flexibility index (Phi) is 5.96. The Morgan fingerprint density at radius 3 is 2.09 bits per heavy atom. The van der Waals surface area contributed by atoms with Crippen molar-refractivity contribution in [1.82, 2.24) is 5.32 Å². The van der Waals surface area contributed by atoms with E-state index in [2.05, 4.69) is 31.3 Å². The number of rotatable bonds is 7. The molecule has 2 aromatic carbocycles. The van der Waals surface area contributed by atoms with Crippen LogP contribution in [0.3, 0.4) is 0 Å². The number of ether oxygens (including phenoxy) is 1. The van der Waals surface area contributed by atoms with Gasteiger partial charge in [0.2, 0.25) is 0 Å². The van der Waals surface area contributed by atoms with E-state index in [0.717, 1.165) is 17.7 Å². The Labute approximate surface area is 132 Å². The number of hydrogen-bond acceptors (Lipinski definition) is 2. The molecule has 0 amide bonds. The Hall–Kier alpha value is -1.87. The van der Waals surface area contributed by atoms with Crippen LogP contribution in [0.2, 0.25) is 0 Å². The van der Waals surface area contributed by atoms with E-state index in [1.807, 2.05) is 31.2 Å². The molecule has 0 bridgehead atoms. The highest BCUT2D eigenvalue weighted by molar-refractivity contribution is 5.29. The first kappa shape index (κ1) is 16.5. The second-order valence-corrected chi connectivity index (χ2v) is 5.40. The molecular formula is C19H24FNO. The molecule has 0 aliphatic carbocycles. The number of benzene rings is 2. The molecule has 2 atom stereocenters. The van der Waals surface area contributed by atoms with E-state index >= 15 is 0 Å². The van der Waals surface area contributed by atoms with Crippen molar-refractivity contribution < 1.29 is 9.13 Å². The van der Waals surface area contributed by atoms with Gasteiger partial charge >= 0.3 is 0 Å². The lowest BCUT2D eigenvalue weighted by atomic mass is 10.0. The highest BCUT2D eigenvalue weighted by Crippen LogP contribution is 2.23. The number of hydrogen-bond donors (Lipinski definition) is 1. The van der Waals surface area contributed by atoms with Crippen LogP contribution in [0.25, 0.3) is 0 Å². The third-order valence-corrected chi connectivity index (χ3v) is 3.82. The van der Waals surface area contributed by atoms with Crippen molar-refractivity contribution in [1.29, 1.82) is 0 Å². The number of nitrogens with one attached hydrogen (secondary N) is 1. The largest absolute Gasteiger partial charge is 0.494 e. The van der Waals surface area contributed by atoms with Crippen LogP contribution in [0.5, 0.6) is 5.75 Å². The lowest BCUT2D eigenvalue weighted by Gasteiger charge is -2.23. The SMILES string of the molecule is CCOc1ccc(C(C)NC(CC)c2ccc(F)cc2)cc1. The van der Waals surface area contributed by atoms with Crippen molar-refractivity contribution in [2.75, 3.05) is 6.61 Å². The van der Waals surface area contributed by atoms with Gasteiger partial charge in [-0.15, -0.1) is 0 Å². The lowest BCUT2D eigenvalue weighted by molar-refractivity contribution is 0.340. The first-order valence-corrected chi connectivity index (χ1v) is 7.88. The maximum atomic E-state index is 13.0. The molecule has 0 fully saturated rings. The fourth-order valence-corrected chi connectivity index (χ4v) is 2.56. The summed E-state index contributed by atoms with van der Waals surface area (Å²) in [6.07, 6.45) is 0.951. The van der Waals surface area contributed by atoms with Gasteiger partial charge in [-0.2, -0.15) is 0 Å². The summed E-state index contributed by atoms with van der Waals surface area (Å²) in [6.45, 7) is 6.93. The molecule has 2 nitrogen and oxygen atoms in total. The molecule has 2 rings (SSSR count). The summed E-state index contributed by atoms with van der Waals surface area (Å²) in [6, 6.07) is 15.3. The van der Waals surface area contributed by atoms with Gasteiger partial charge in [-0.05, 0) is 55.7 Å². The monoisotopic (exact) mass is 301 g/mol. The van der Waals surface area contributed by atoms with E-state index in [1.165, 1.54) is 17.7 Å². The summed E-state index contributed by atoms with van der Waals surface area (Å²) in [7, 11) is 0. The molecule has 0 heterocycles. The van der Waals surface area contributed by atoms with Gasteiger partial charge in [0.1, 0.15) is 11.6 Å². The summed E-state index contributed by atoms with van der Waals surface area (Å²) in [4.78, 5) is 0. The standard InChI is InChI=1S/C19H24FNO/c1-4-19(16-6-10-17(20)11-7-16)21-14(3)15-8-12-18(13-9-15)22-5-2/h6-14,19,21H,4-5H2,1-3H3. The zero-order chi connectivity index (χ0) is 15.9. The van der Waals surface area contributed by atoms with Crippen LogP contribution in [0.15, 0.2) is 48.5 Å². The summed E-state index contributed by atoms with van der Waals surface area (Å²) in [5.41, 5.74) is 2.32. The van der Waals surface area contributed by atoms with Crippen molar-refractivity contribution >= 4 is 0 Å². The summed E-state index contributed by atoms with van der Waals surface area (Å²) >= 11 is 0. The molecule has 0 aliphatic rings. The van der Waals surface area contributed by atoms with Gasteiger partial charge in [0.25, 0.3) is 0 Å². The van der Waals surface area contributed by atoms with Gasteiger partial charge in [-0.3, -0.25) is 0 Å². The van der Waals surface area contributed by atoms with Crippen molar-refractivity contribution in [3.05, 3.63) is 65.5 Å². The van der Waals surface area contributed by atoms with Crippen LogP contribution in [0.1, 0.15) is 50.4 Å². The second kappa shape index (κ2) is 7.95. The highest BCUT2D eigenvalue weighted by Gasteiger charge is 2.14. The molecule has 0 saturated heterocycles. The summed E-state index contributed by atoms with van der Waals surface area (Å²) < 4.78 is 18.5. The predicted molar refractivity (Wildman–Crippen MR) is 88.6 cm³/mol. The second-order valence-electron chi connectivity index (χ2n) is 5.40. The van der Waals surface area contributed by atoms with Crippen LogP contribution in [0, 0.1) is 5.82 Å². The number of halogens is 1. The van der Waals surface area contributed by atoms with Crippen LogP contribution >= 0.6 is 0 Å². The van der Waals surface area contributed by atoms with Gasteiger partial charge < -0.3 is 10.1 Å². The van der Waals surface area contributed by atoms with Crippen LogP contribution in [-0.2, 0) is 0 Å². The molecular weight excluding hydrogens is 277 g/mol. The Bertz CT molecular complexity index is 565. The van der Waals surface area contributed by atoms with Gasteiger partial charge in [-0.1, -0.05) is 31.2 Å². The molecule has 2 aromatic rings. The van der Waals surface area contributed by atoms with Gasteiger partial charge in [0.15, 0.2) is 0 Å². The third kappa shape index (κ3) is 4.31. The zero-order valence-electron chi connectivity index (χ0n) is 13.5. The molecule has 3 heteroatoms. The predicted octanol–water partition coefficient (Wildman–Crippen LogP) is 5.03. The summed E-state index contributed by atoms with van der Waals surface area (Å²) in [5, 5.41) is 3.61. The van der Waals surface area contributed by atoms with E-state index in [1.54, 1.807) is 0 Å². The smallest absolute Gasteiger partial charge is 0.123 e. The van der Waals surface area contributed by atoms with Crippen molar-refractivity contribution in [3.8, 4) is 5.75 Å². The van der Waals surface area contributed by atoms with Gasteiger partial charge in [-0.25, -0.2) is 4.39 Å². The van der Waals surface area contributed by atoms with E-state index in [4.69, 9.17) is 4.74 Å². The maximum Gasteiger partial charge on any atom is 0.123 e. The lowest BCUT2D eigenvalue weighted by Crippen LogP contribution is -2.24.